The second-order valence-electron chi connectivity index (χ2n) is 4.34. The SMILES string of the molecule is C[C@H](O)c1ccc(C#N)cc1Sc1nc(=O)c(=O)[nH]n1C. The van der Waals surface area contributed by atoms with Crippen LogP contribution in [0.2, 0.25) is 0 Å². The molecule has 0 spiro atoms. The molecule has 8 heteroatoms. The topological polar surface area (TPSA) is 112 Å². The summed E-state index contributed by atoms with van der Waals surface area (Å²) in [6.45, 7) is 1.60. The van der Waals surface area contributed by atoms with Crippen molar-refractivity contribution in [3.05, 3.63) is 50.0 Å². The lowest BCUT2D eigenvalue weighted by molar-refractivity contribution is 0.196. The molecule has 1 aromatic carbocycles. The molecule has 0 amide bonds. The minimum atomic E-state index is -0.884. The number of nitrogens with one attached hydrogen (secondary N) is 1. The number of nitrogens with zero attached hydrogens (tertiary/aromatic N) is 3. The van der Waals surface area contributed by atoms with E-state index < -0.39 is 17.2 Å². The molecule has 2 rings (SSSR count). The highest BCUT2D eigenvalue weighted by Gasteiger charge is 2.13. The van der Waals surface area contributed by atoms with Gasteiger partial charge in [0.25, 0.3) is 0 Å². The highest BCUT2D eigenvalue weighted by atomic mass is 32.2. The summed E-state index contributed by atoms with van der Waals surface area (Å²) < 4.78 is 1.32. The number of benzene rings is 1. The number of aromatic amines is 1. The van der Waals surface area contributed by atoms with E-state index in [1.54, 1.807) is 32.2 Å². The van der Waals surface area contributed by atoms with Crippen LogP contribution in [0.25, 0.3) is 0 Å². The van der Waals surface area contributed by atoms with Gasteiger partial charge >= 0.3 is 11.1 Å². The van der Waals surface area contributed by atoms with Crippen molar-refractivity contribution in [1.82, 2.24) is 14.8 Å². The molecule has 0 aliphatic rings. The summed E-state index contributed by atoms with van der Waals surface area (Å²) >= 11 is 1.09. The normalized spacial score (nSPS) is 11.9. The maximum absolute atomic E-state index is 11.3. The third kappa shape index (κ3) is 3.21. The second-order valence-corrected chi connectivity index (χ2v) is 5.35. The molecular formula is C13H12N4O3S. The van der Waals surface area contributed by atoms with Gasteiger partial charge in [0.05, 0.1) is 17.7 Å². The van der Waals surface area contributed by atoms with Gasteiger partial charge in [-0.15, -0.1) is 0 Å². The summed E-state index contributed by atoms with van der Waals surface area (Å²) in [5.41, 5.74) is -0.648. The van der Waals surface area contributed by atoms with Crippen LogP contribution < -0.4 is 11.1 Å². The monoisotopic (exact) mass is 304 g/mol. The molecule has 108 valence electrons. The zero-order valence-corrected chi connectivity index (χ0v) is 12.1. The first-order chi connectivity index (χ1) is 9.92. The standard InChI is InChI=1S/C13H12N4O3S/c1-7(18)9-4-3-8(6-14)5-10(9)21-13-15-11(19)12(20)16-17(13)2/h3-5,7,18H,1-2H3,(H,16,20)/t7-/m0/s1. The van der Waals surface area contributed by atoms with Crippen molar-refractivity contribution in [1.29, 1.82) is 5.26 Å². The fourth-order valence-electron chi connectivity index (χ4n) is 1.69. The molecule has 0 saturated carbocycles. The third-order valence-electron chi connectivity index (χ3n) is 2.74. The Hall–Kier alpha value is -2.37. The van der Waals surface area contributed by atoms with E-state index in [0.717, 1.165) is 11.8 Å². The summed E-state index contributed by atoms with van der Waals surface area (Å²) in [5, 5.41) is 21.3. The quantitative estimate of drug-likeness (QED) is 0.801. The maximum atomic E-state index is 11.3. The number of aryl methyl sites for hydroxylation is 1. The molecule has 0 aliphatic carbocycles. The molecule has 2 aromatic rings. The molecule has 1 atom stereocenters. The molecule has 0 saturated heterocycles. The molecule has 0 aliphatic heterocycles. The van der Waals surface area contributed by atoms with Crippen molar-refractivity contribution >= 4 is 11.8 Å². The Kier molecular flexibility index (Phi) is 4.26. The zero-order valence-electron chi connectivity index (χ0n) is 11.3. The number of hydrogen-bond acceptors (Lipinski definition) is 6. The Morgan fingerprint density at radius 1 is 1.48 bits per heavy atom. The highest BCUT2D eigenvalue weighted by Crippen LogP contribution is 2.32. The molecule has 2 N–H and O–H groups in total. The van der Waals surface area contributed by atoms with E-state index in [1.165, 1.54) is 4.68 Å². The Morgan fingerprint density at radius 3 is 2.81 bits per heavy atom. The number of H-pyrrole nitrogens is 1. The first kappa shape index (κ1) is 15.0. The van der Waals surface area contributed by atoms with Gasteiger partial charge in [0.1, 0.15) is 0 Å². The molecule has 21 heavy (non-hydrogen) atoms. The van der Waals surface area contributed by atoms with E-state index in [4.69, 9.17) is 5.26 Å². The van der Waals surface area contributed by atoms with Gasteiger partial charge in [-0.25, -0.2) is 0 Å². The molecule has 1 aromatic heterocycles. The van der Waals surface area contributed by atoms with E-state index in [1.807, 2.05) is 6.07 Å². The largest absolute Gasteiger partial charge is 0.389 e. The van der Waals surface area contributed by atoms with Gasteiger partial charge in [0, 0.05) is 11.9 Å². The Labute approximate surface area is 123 Å². The van der Waals surface area contributed by atoms with Crippen LogP contribution in [0.5, 0.6) is 0 Å². The van der Waals surface area contributed by atoms with Gasteiger partial charge in [0.2, 0.25) is 0 Å². The van der Waals surface area contributed by atoms with Gasteiger partial charge in [0.15, 0.2) is 5.16 Å². The summed E-state index contributed by atoms with van der Waals surface area (Å²) in [7, 11) is 1.55. The fraction of sp³-hybridized carbons (Fsp3) is 0.231. The van der Waals surface area contributed by atoms with Crippen molar-refractivity contribution in [3.8, 4) is 6.07 Å². The van der Waals surface area contributed by atoms with Gasteiger partial charge in [-0.05, 0) is 36.4 Å². The third-order valence-corrected chi connectivity index (χ3v) is 3.86. The summed E-state index contributed by atoms with van der Waals surface area (Å²) in [6, 6.07) is 6.86. The van der Waals surface area contributed by atoms with Crippen molar-refractivity contribution in [2.45, 2.75) is 23.1 Å². The molecular weight excluding hydrogens is 292 g/mol. The molecule has 0 bridgehead atoms. The number of aliphatic hydroxyl groups is 1. The average molecular weight is 304 g/mol. The number of aromatic nitrogens is 3. The van der Waals surface area contributed by atoms with Crippen LogP contribution in [-0.4, -0.2) is 19.9 Å². The van der Waals surface area contributed by atoms with Crippen LogP contribution in [0.1, 0.15) is 24.2 Å². The molecule has 0 radical (unpaired) electrons. The average Bonchev–Trinajstić information content (AvgIpc) is 2.44. The lowest BCUT2D eigenvalue weighted by Crippen LogP contribution is -2.33. The van der Waals surface area contributed by atoms with Crippen molar-refractivity contribution < 1.29 is 5.11 Å². The lowest BCUT2D eigenvalue weighted by atomic mass is 10.1. The summed E-state index contributed by atoms with van der Waals surface area (Å²) in [6.07, 6.45) is -0.736. The minimum Gasteiger partial charge on any atom is -0.389 e. The zero-order chi connectivity index (χ0) is 15.6. The summed E-state index contributed by atoms with van der Waals surface area (Å²) in [4.78, 5) is 26.8. The van der Waals surface area contributed by atoms with Crippen molar-refractivity contribution in [3.63, 3.8) is 0 Å². The van der Waals surface area contributed by atoms with Crippen LogP contribution in [0.15, 0.2) is 37.8 Å². The first-order valence-electron chi connectivity index (χ1n) is 5.99. The van der Waals surface area contributed by atoms with E-state index in [-0.39, 0.29) is 5.16 Å². The molecule has 7 nitrogen and oxygen atoms in total. The number of aliphatic hydroxyl groups excluding tert-OH is 1. The van der Waals surface area contributed by atoms with Gasteiger partial charge in [-0.3, -0.25) is 19.4 Å². The van der Waals surface area contributed by atoms with Gasteiger partial charge in [-0.1, -0.05) is 6.07 Å². The van der Waals surface area contributed by atoms with Crippen LogP contribution in [0.3, 0.4) is 0 Å². The Bertz CT molecular complexity index is 833. The van der Waals surface area contributed by atoms with E-state index in [2.05, 4.69) is 10.1 Å². The molecule has 0 unspecified atom stereocenters. The van der Waals surface area contributed by atoms with Crippen molar-refractivity contribution in [2.24, 2.45) is 7.05 Å². The van der Waals surface area contributed by atoms with Gasteiger partial charge in [-0.2, -0.15) is 10.2 Å². The Balaban J connectivity index is 2.53. The van der Waals surface area contributed by atoms with Crippen LogP contribution >= 0.6 is 11.8 Å². The van der Waals surface area contributed by atoms with Crippen LogP contribution in [0.4, 0.5) is 0 Å². The molecule has 0 fully saturated rings. The van der Waals surface area contributed by atoms with Crippen LogP contribution in [-0.2, 0) is 7.05 Å². The van der Waals surface area contributed by atoms with E-state index >= 15 is 0 Å². The number of rotatable bonds is 3. The number of hydrogen-bond donors (Lipinski definition) is 2. The predicted molar refractivity (Wildman–Crippen MR) is 76.0 cm³/mol. The van der Waals surface area contributed by atoms with Crippen LogP contribution in [0, 0.1) is 11.3 Å². The smallest absolute Gasteiger partial charge is 0.339 e. The second kappa shape index (κ2) is 5.95. The van der Waals surface area contributed by atoms with Crippen molar-refractivity contribution in [2.75, 3.05) is 0 Å². The van der Waals surface area contributed by atoms with E-state index in [0.29, 0.717) is 16.0 Å². The maximum Gasteiger partial charge on any atom is 0.339 e. The summed E-state index contributed by atoms with van der Waals surface area (Å²) in [5.74, 6) is 0. The van der Waals surface area contributed by atoms with Gasteiger partial charge < -0.3 is 5.11 Å². The fourth-order valence-corrected chi connectivity index (χ4v) is 2.74. The minimum absolute atomic E-state index is 0.261. The number of nitriles is 1. The first-order valence-corrected chi connectivity index (χ1v) is 6.81. The predicted octanol–water partition coefficient (Wildman–Crippen LogP) is 0.545. The highest BCUT2D eigenvalue weighted by molar-refractivity contribution is 7.99. The lowest BCUT2D eigenvalue weighted by Gasteiger charge is -2.12. The van der Waals surface area contributed by atoms with E-state index in [9.17, 15) is 14.7 Å². The molecule has 1 heterocycles. The Morgan fingerprint density at radius 2 is 2.19 bits per heavy atom.